The van der Waals surface area contributed by atoms with Crippen LogP contribution in [0.1, 0.15) is 65.6 Å². The molecule has 1 N–H and O–H groups in total. The molecule has 1 aromatic heterocycles. The number of fused-ring (bicyclic) bond motifs is 1. The normalized spacial score (nSPS) is 20.7. The second-order valence-electron chi connectivity index (χ2n) is 9.20. The van der Waals surface area contributed by atoms with Crippen LogP contribution >= 0.6 is 11.8 Å². The van der Waals surface area contributed by atoms with Crippen LogP contribution in [0.4, 0.5) is 0 Å². The molecule has 2 heterocycles. The third kappa shape index (κ3) is 4.71. The number of nitrogens with zero attached hydrogens (tertiary/aromatic N) is 3. The number of carbonyl (C=O) groups is 3. The number of hydrogen-bond acceptors (Lipinski definition) is 6. The highest BCUT2D eigenvalue weighted by Crippen LogP contribution is 2.30. The van der Waals surface area contributed by atoms with Crippen LogP contribution in [0, 0.1) is 0 Å². The third-order valence-electron chi connectivity index (χ3n) is 6.95. The zero-order valence-electron chi connectivity index (χ0n) is 20.0. The number of nitrogens with one attached hydrogen (secondary N) is 1. The van der Waals surface area contributed by atoms with Gasteiger partial charge in [0.25, 0.3) is 5.91 Å². The van der Waals surface area contributed by atoms with Crippen LogP contribution in [0.25, 0.3) is 0 Å². The quantitative estimate of drug-likeness (QED) is 0.479. The number of ether oxygens (including phenoxy) is 1. The van der Waals surface area contributed by atoms with Crippen LogP contribution in [0.2, 0.25) is 0 Å². The molecule has 8 nitrogen and oxygen atoms in total. The van der Waals surface area contributed by atoms with Crippen LogP contribution in [0.3, 0.4) is 0 Å². The maximum atomic E-state index is 13.7. The average Bonchev–Trinajstić information content (AvgIpc) is 3.28. The van der Waals surface area contributed by atoms with Crippen LogP contribution in [-0.2, 0) is 22.5 Å². The lowest BCUT2D eigenvalue weighted by atomic mass is 9.91. The highest BCUT2D eigenvalue weighted by molar-refractivity contribution is 7.98. The fraction of sp³-hybridized carbons (Fsp3) is 0.520. The molecule has 2 aliphatic rings. The summed E-state index contributed by atoms with van der Waals surface area (Å²) in [4.78, 5) is 46.5. The van der Waals surface area contributed by atoms with E-state index in [0.29, 0.717) is 13.0 Å². The number of thioether (sulfide) groups is 1. The van der Waals surface area contributed by atoms with Gasteiger partial charge in [0.2, 0.25) is 5.91 Å². The zero-order chi connectivity index (χ0) is 24.3. The Bertz CT molecular complexity index is 1060. The highest BCUT2D eigenvalue weighted by Gasteiger charge is 2.49. The maximum Gasteiger partial charge on any atom is 0.359 e. The monoisotopic (exact) mass is 484 g/mol. The Morgan fingerprint density at radius 1 is 1.21 bits per heavy atom. The van der Waals surface area contributed by atoms with Gasteiger partial charge in [0.1, 0.15) is 11.2 Å². The molecule has 0 radical (unpaired) electrons. The van der Waals surface area contributed by atoms with Crippen molar-refractivity contribution in [3.8, 4) is 0 Å². The van der Waals surface area contributed by atoms with E-state index in [2.05, 4.69) is 22.4 Å². The molecule has 9 heteroatoms. The molecule has 0 spiro atoms. The second kappa shape index (κ2) is 10.2. The Morgan fingerprint density at radius 2 is 1.91 bits per heavy atom. The molecule has 4 rings (SSSR count). The number of hydrogen-bond donors (Lipinski definition) is 1. The molecule has 0 bridgehead atoms. The number of imidazole rings is 1. The minimum Gasteiger partial charge on any atom is -0.464 e. The summed E-state index contributed by atoms with van der Waals surface area (Å²) in [5.74, 6) is -1.21. The van der Waals surface area contributed by atoms with E-state index in [0.717, 1.165) is 31.2 Å². The van der Waals surface area contributed by atoms with Crippen molar-refractivity contribution >= 4 is 29.5 Å². The van der Waals surface area contributed by atoms with E-state index in [9.17, 15) is 14.4 Å². The first-order valence-corrected chi connectivity index (χ1v) is 13.0. The number of rotatable bonds is 7. The Kier molecular flexibility index (Phi) is 7.30. The fourth-order valence-electron chi connectivity index (χ4n) is 4.91. The van der Waals surface area contributed by atoms with Crippen molar-refractivity contribution in [3.63, 3.8) is 0 Å². The largest absolute Gasteiger partial charge is 0.464 e. The first-order chi connectivity index (χ1) is 16.4. The molecule has 34 heavy (non-hydrogen) atoms. The van der Waals surface area contributed by atoms with Crippen LogP contribution < -0.4 is 5.32 Å². The van der Waals surface area contributed by atoms with E-state index >= 15 is 0 Å². The molecule has 0 unspecified atom stereocenters. The van der Waals surface area contributed by atoms with E-state index in [4.69, 9.17) is 4.74 Å². The van der Waals surface area contributed by atoms with Gasteiger partial charge in [0.15, 0.2) is 5.69 Å². The van der Waals surface area contributed by atoms with Gasteiger partial charge in [-0.15, -0.1) is 11.8 Å². The van der Waals surface area contributed by atoms with Gasteiger partial charge in [-0.2, -0.15) is 0 Å². The highest BCUT2D eigenvalue weighted by atomic mass is 32.2. The van der Waals surface area contributed by atoms with Crippen molar-refractivity contribution in [3.05, 3.63) is 47.5 Å². The summed E-state index contributed by atoms with van der Waals surface area (Å²) in [6.07, 6.45) is 9.38. The van der Waals surface area contributed by atoms with Crippen molar-refractivity contribution in [1.29, 1.82) is 0 Å². The van der Waals surface area contributed by atoms with Crippen LogP contribution in [0.15, 0.2) is 35.5 Å². The first kappa shape index (κ1) is 24.3. The molecule has 1 atom stereocenters. The minimum atomic E-state index is -1.10. The molecule has 1 aliphatic heterocycles. The average molecular weight is 485 g/mol. The molecule has 1 aromatic carbocycles. The lowest BCUT2D eigenvalue weighted by Gasteiger charge is -2.44. The molecule has 0 saturated heterocycles. The molecule has 1 aliphatic carbocycles. The Morgan fingerprint density at radius 3 is 2.56 bits per heavy atom. The first-order valence-electron chi connectivity index (χ1n) is 11.8. The molecule has 2 amide bonds. The summed E-state index contributed by atoms with van der Waals surface area (Å²) >= 11 is 1.67. The van der Waals surface area contributed by atoms with Gasteiger partial charge >= 0.3 is 5.97 Å². The SMILES string of the molecule is COC(=O)c1ncn2c1C(=O)N(CCc1ccc(SC)cc1)[C@@](C)(C(=O)NC1CCCCC1)C2. The van der Waals surface area contributed by atoms with E-state index in [1.165, 1.54) is 24.8 Å². The molecule has 1 fully saturated rings. The number of aromatic nitrogens is 2. The van der Waals surface area contributed by atoms with Crippen molar-refractivity contribution in [2.45, 2.75) is 68.5 Å². The van der Waals surface area contributed by atoms with Gasteiger partial charge in [-0.25, -0.2) is 9.78 Å². The van der Waals surface area contributed by atoms with Gasteiger partial charge in [0, 0.05) is 17.5 Å². The van der Waals surface area contributed by atoms with Gasteiger partial charge < -0.3 is 19.5 Å². The molecule has 2 aromatic rings. The summed E-state index contributed by atoms with van der Waals surface area (Å²) in [5.41, 5.74) is 0.131. The number of amides is 2. The lowest BCUT2D eigenvalue weighted by Crippen LogP contribution is -2.65. The van der Waals surface area contributed by atoms with Gasteiger partial charge in [-0.05, 0) is 50.1 Å². The molecular formula is C25H32N4O4S. The van der Waals surface area contributed by atoms with Gasteiger partial charge in [-0.3, -0.25) is 9.59 Å². The third-order valence-corrected chi connectivity index (χ3v) is 7.69. The number of esters is 1. The second-order valence-corrected chi connectivity index (χ2v) is 10.1. The maximum absolute atomic E-state index is 13.7. The fourth-order valence-corrected chi connectivity index (χ4v) is 5.31. The molecular weight excluding hydrogens is 452 g/mol. The van der Waals surface area contributed by atoms with Crippen molar-refractivity contribution in [2.24, 2.45) is 0 Å². The standard InChI is InChI=1S/C25H32N4O4S/c1-25(24(32)27-18-7-5-4-6-8-18)15-28-16-26-20(23(31)33-2)21(28)22(30)29(25)14-13-17-9-11-19(34-3)12-10-17/h9-12,16,18H,4-8,13-15H2,1-3H3,(H,27,32)/t25-/m1/s1. The summed E-state index contributed by atoms with van der Waals surface area (Å²) in [6.45, 7) is 2.38. The zero-order valence-corrected chi connectivity index (χ0v) is 20.8. The summed E-state index contributed by atoms with van der Waals surface area (Å²) in [7, 11) is 1.26. The molecule has 1 saturated carbocycles. The van der Waals surface area contributed by atoms with Gasteiger partial charge in [-0.1, -0.05) is 31.4 Å². The molecule has 182 valence electrons. The summed E-state index contributed by atoms with van der Waals surface area (Å²) in [6, 6.07) is 8.33. The van der Waals surface area contributed by atoms with Crippen molar-refractivity contribution in [1.82, 2.24) is 19.8 Å². The Hall–Kier alpha value is -2.81. The Balaban J connectivity index is 1.63. The smallest absolute Gasteiger partial charge is 0.359 e. The predicted octanol–water partition coefficient (Wildman–Crippen LogP) is 3.30. The van der Waals surface area contributed by atoms with E-state index in [-0.39, 0.29) is 35.8 Å². The predicted molar refractivity (Wildman–Crippen MR) is 130 cm³/mol. The van der Waals surface area contributed by atoms with E-state index < -0.39 is 11.5 Å². The van der Waals surface area contributed by atoms with E-state index in [1.54, 1.807) is 28.2 Å². The lowest BCUT2D eigenvalue weighted by molar-refractivity contribution is -0.133. The minimum absolute atomic E-state index is 0.0171. The van der Waals surface area contributed by atoms with Crippen LogP contribution in [-0.4, -0.2) is 63.7 Å². The van der Waals surface area contributed by atoms with Gasteiger partial charge in [0.05, 0.1) is 20.0 Å². The summed E-state index contributed by atoms with van der Waals surface area (Å²) < 4.78 is 6.44. The van der Waals surface area contributed by atoms with Crippen molar-refractivity contribution in [2.75, 3.05) is 19.9 Å². The number of carbonyl (C=O) groups excluding carboxylic acids is 3. The number of benzene rings is 1. The van der Waals surface area contributed by atoms with Crippen molar-refractivity contribution < 1.29 is 19.1 Å². The van der Waals surface area contributed by atoms with E-state index in [1.807, 2.05) is 18.4 Å². The van der Waals surface area contributed by atoms with Crippen LogP contribution in [0.5, 0.6) is 0 Å². The Labute approximate surface area is 204 Å². The topological polar surface area (TPSA) is 93.5 Å². The summed E-state index contributed by atoms with van der Waals surface area (Å²) in [5, 5.41) is 3.20. The number of methoxy groups -OCH3 is 1.